The third-order valence-electron chi connectivity index (χ3n) is 3.16. The second-order valence-corrected chi connectivity index (χ2v) is 4.73. The average Bonchev–Trinajstić information content (AvgIpc) is 2.28. The summed E-state index contributed by atoms with van der Waals surface area (Å²) in [7, 11) is 0. The normalized spacial score (nSPS) is 20.3. The minimum absolute atomic E-state index is 0.0678. The summed E-state index contributed by atoms with van der Waals surface area (Å²) >= 11 is 0. The van der Waals surface area contributed by atoms with Crippen molar-refractivity contribution in [2.45, 2.75) is 19.8 Å². The summed E-state index contributed by atoms with van der Waals surface area (Å²) in [4.78, 5) is 12.6. The van der Waals surface area contributed by atoms with Crippen molar-refractivity contribution in [3.8, 4) is 0 Å². The fourth-order valence-electron chi connectivity index (χ4n) is 2.33. The van der Waals surface area contributed by atoms with Gasteiger partial charge in [0.25, 0.3) is 5.69 Å². The van der Waals surface area contributed by atoms with Gasteiger partial charge in [0.1, 0.15) is 0 Å². The number of piperidine rings is 1. The van der Waals surface area contributed by atoms with E-state index in [-0.39, 0.29) is 5.69 Å². The van der Waals surface area contributed by atoms with E-state index in [1.165, 1.54) is 12.5 Å². The van der Waals surface area contributed by atoms with Gasteiger partial charge in [-0.1, -0.05) is 6.92 Å². The molecule has 0 aliphatic carbocycles. The molecule has 2 rings (SSSR count). The van der Waals surface area contributed by atoms with Gasteiger partial charge in [-0.25, -0.2) is 0 Å². The van der Waals surface area contributed by atoms with E-state index in [2.05, 4.69) is 11.8 Å². The molecule has 1 atom stereocenters. The van der Waals surface area contributed by atoms with Gasteiger partial charge in [0, 0.05) is 36.6 Å². The summed E-state index contributed by atoms with van der Waals surface area (Å²) in [6, 6.07) is 4.82. The van der Waals surface area contributed by atoms with Crippen LogP contribution in [-0.4, -0.2) is 18.0 Å². The quantitative estimate of drug-likeness (QED) is 0.485. The minimum Gasteiger partial charge on any atom is -0.398 e. The maximum absolute atomic E-state index is 10.8. The lowest BCUT2D eigenvalue weighted by molar-refractivity contribution is -0.384. The van der Waals surface area contributed by atoms with Crippen LogP contribution >= 0.6 is 0 Å². The molecule has 5 nitrogen and oxygen atoms in total. The lowest BCUT2D eigenvalue weighted by atomic mass is 9.99. The smallest absolute Gasteiger partial charge is 0.273 e. The van der Waals surface area contributed by atoms with E-state index in [4.69, 9.17) is 5.73 Å². The zero-order valence-electron chi connectivity index (χ0n) is 9.93. The molecule has 1 aliphatic rings. The molecule has 1 fully saturated rings. The van der Waals surface area contributed by atoms with Crippen LogP contribution in [0.5, 0.6) is 0 Å². The Morgan fingerprint density at radius 3 is 2.88 bits per heavy atom. The van der Waals surface area contributed by atoms with Crippen molar-refractivity contribution in [3.05, 3.63) is 28.3 Å². The molecule has 0 aromatic heterocycles. The predicted molar refractivity (Wildman–Crippen MR) is 68.1 cm³/mol. The lowest BCUT2D eigenvalue weighted by Gasteiger charge is -2.32. The molecule has 92 valence electrons. The molecule has 1 unspecified atom stereocenters. The van der Waals surface area contributed by atoms with E-state index in [1.807, 2.05) is 6.07 Å². The number of hydrogen-bond donors (Lipinski definition) is 1. The Morgan fingerprint density at radius 2 is 2.24 bits per heavy atom. The van der Waals surface area contributed by atoms with Crippen LogP contribution in [-0.2, 0) is 0 Å². The molecule has 0 radical (unpaired) electrons. The molecule has 0 bridgehead atoms. The number of nitro benzene ring substituents is 1. The van der Waals surface area contributed by atoms with Crippen LogP contribution in [0.2, 0.25) is 0 Å². The van der Waals surface area contributed by atoms with Crippen LogP contribution in [0.3, 0.4) is 0 Å². The Morgan fingerprint density at radius 1 is 1.47 bits per heavy atom. The first-order valence-corrected chi connectivity index (χ1v) is 5.86. The van der Waals surface area contributed by atoms with Gasteiger partial charge in [0.2, 0.25) is 0 Å². The second-order valence-electron chi connectivity index (χ2n) is 4.73. The van der Waals surface area contributed by atoms with Gasteiger partial charge in [-0.3, -0.25) is 10.1 Å². The minimum atomic E-state index is -0.396. The highest BCUT2D eigenvalue weighted by molar-refractivity contribution is 5.62. The number of non-ortho nitro benzene ring substituents is 1. The number of nitro groups is 1. The van der Waals surface area contributed by atoms with Crippen molar-refractivity contribution in [2.24, 2.45) is 5.92 Å². The number of benzene rings is 1. The lowest BCUT2D eigenvalue weighted by Crippen LogP contribution is -2.34. The maximum Gasteiger partial charge on any atom is 0.273 e. The van der Waals surface area contributed by atoms with Crippen LogP contribution in [0, 0.1) is 16.0 Å². The number of anilines is 2. The van der Waals surface area contributed by atoms with Gasteiger partial charge in [-0.2, -0.15) is 0 Å². The van der Waals surface area contributed by atoms with Crippen LogP contribution < -0.4 is 10.6 Å². The maximum atomic E-state index is 10.8. The van der Waals surface area contributed by atoms with Gasteiger partial charge in [0.15, 0.2) is 0 Å². The fraction of sp³-hybridized carbons (Fsp3) is 0.500. The molecule has 0 spiro atoms. The zero-order chi connectivity index (χ0) is 12.4. The van der Waals surface area contributed by atoms with E-state index >= 15 is 0 Å². The molecular formula is C12H17N3O2. The highest BCUT2D eigenvalue weighted by atomic mass is 16.6. The summed E-state index contributed by atoms with van der Waals surface area (Å²) in [6.45, 7) is 4.10. The SMILES string of the molecule is CC1CCCN(c2cc(N)cc([N+](=O)[O-])c2)C1. The van der Waals surface area contributed by atoms with Gasteiger partial charge in [-0.05, 0) is 24.8 Å². The molecule has 5 heteroatoms. The van der Waals surface area contributed by atoms with Crippen LogP contribution in [0.4, 0.5) is 17.1 Å². The van der Waals surface area contributed by atoms with Crippen molar-refractivity contribution < 1.29 is 4.92 Å². The largest absolute Gasteiger partial charge is 0.398 e. The van der Waals surface area contributed by atoms with Gasteiger partial charge in [-0.15, -0.1) is 0 Å². The molecule has 0 saturated carbocycles. The zero-order valence-corrected chi connectivity index (χ0v) is 9.93. The van der Waals surface area contributed by atoms with E-state index in [1.54, 1.807) is 6.07 Å². The molecule has 1 aromatic rings. The van der Waals surface area contributed by atoms with Crippen molar-refractivity contribution in [1.29, 1.82) is 0 Å². The third-order valence-corrected chi connectivity index (χ3v) is 3.16. The highest BCUT2D eigenvalue weighted by Crippen LogP contribution is 2.28. The molecular weight excluding hydrogens is 218 g/mol. The monoisotopic (exact) mass is 235 g/mol. The second kappa shape index (κ2) is 4.61. The van der Waals surface area contributed by atoms with Crippen molar-refractivity contribution in [3.63, 3.8) is 0 Å². The number of hydrogen-bond acceptors (Lipinski definition) is 4. The van der Waals surface area contributed by atoms with Crippen LogP contribution in [0.25, 0.3) is 0 Å². The van der Waals surface area contributed by atoms with E-state index < -0.39 is 4.92 Å². The predicted octanol–water partition coefficient (Wildman–Crippen LogP) is 2.41. The number of nitrogens with zero attached hydrogens (tertiary/aromatic N) is 2. The van der Waals surface area contributed by atoms with E-state index in [0.29, 0.717) is 11.6 Å². The standard InChI is InChI=1S/C12H17N3O2/c1-9-3-2-4-14(8-9)11-5-10(13)6-12(7-11)15(16)17/h5-7,9H,2-4,8,13H2,1H3. The molecule has 1 saturated heterocycles. The first-order valence-electron chi connectivity index (χ1n) is 5.86. The van der Waals surface area contributed by atoms with Crippen molar-refractivity contribution >= 4 is 17.1 Å². The third kappa shape index (κ3) is 2.67. The van der Waals surface area contributed by atoms with E-state index in [9.17, 15) is 10.1 Å². The first-order chi connectivity index (χ1) is 8.06. The average molecular weight is 235 g/mol. The van der Waals surface area contributed by atoms with Gasteiger partial charge >= 0.3 is 0 Å². The topological polar surface area (TPSA) is 72.4 Å². The fourth-order valence-corrected chi connectivity index (χ4v) is 2.33. The molecule has 17 heavy (non-hydrogen) atoms. The van der Waals surface area contributed by atoms with Crippen molar-refractivity contribution in [1.82, 2.24) is 0 Å². The van der Waals surface area contributed by atoms with Crippen LogP contribution in [0.15, 0.2) is 18.2 Å². The van der Waals surface area contributed by atoms with Crippen molar-refractivity contribution in [2.75, 3.05) is 23.7 Å². The molecule has 2 N–H and O–H groups in total. The van der Waals surface area contributed by atoms with Crippen LogP contribution in [0.1, 0.15) is 19.8 Å². The Balaban J connectivity index is 2.28. The van der Waals surface area contributed by atoms with Gasteiger partial charge in [0.05, 0.1) is 4.92 Å². The summed E-state index contributed by atoms with van der Waals surface area (Å²) in [6.07, 6.45) is 2.35. The highest BCUT2D eigenvalue weighted by Gasteiger charge is 2.19. The molecule has 1 aliphatic heterocycles. The number of nitrogens with two attached hydrogens (primary N) is 1. The number of rotatable bonds is 2. The summed E-state index contributed by atoms with van der Waals surface area (Å²) in [5, 5.41) is 10.8. The molecule has 0 amide bonds. The Bertz CT molecular complexity index is 434. The Hall–Kier alpha value is -1.78. The Kier molecular flexibility index (Phi) is 3.17. The molecule has 1 aromatic carbocycles. The molecule has 1 heterocycles. The first kappa shape index (κ1) is 11.7. The van der Waals surface area contributed by atoms with Gasteiger partial charge < -0.3 is 10.6 Å². The van der Waals surface area contributed by atoms with E-state index in [0.717, 1.165) is 25.2 Å². The summed E-state index contributed by atoms with van der Waals surface area (Å²) in [5.41, 5.74) is 7.09. The Labute approximate surface area is 100 Å². The summed E-state index contributed by atoms with van der Waals surface area (Å²) < 4.78 is 0. The summed E-state index contributed by atoms with van der Waals surface area (Å²) in [5.74, 6) is 0.629. The number of nitrogen functional groups attached to an aromatic ring is 1.